The molecule has 0 radical (unpaired) electrons. The van der Waals surface area contributed by atoms with Gasteiger partial charge in [0.15, 0.2) is 0 Å². The molecular formula is C6H16N2O2S. The van der Waals surface area contributed by atoms with Crippen LogP contribution < -0.4 is 9.44 Å². The minimum absolute atomic E-state index is 0.0515. The highest BCUT2D eigenvalue weighted by atomic mass is 32.2. The molecule has 0 heterocycles. The maximum absolute atomic E-state index is 11.0. The summed E-state index contributed by atoms with van der Waals surface area (Å²) in [4.78, 5) is 0. The van der Waals surface area contributed by atoms with Gasteiger partial charge in [-0.2, -0.15) is 13.1 Å². The summed E-state index contributed by atoms with van der Waals surface area (Å²) in [6, 6.07) is -0.0515. The summed E-state index contributed by atoms with van der Waals surface area (Å²) >= 11 is 0. The molecule has 0 bridgehead atoms. The Morgan fingerprint density at radius 3 is 2.27 bits per heavy atom. The first kappa shape index (κ1) is 10.9. The number of hydrogen-bond donors (Lipinski definition) is 2. The molecule has 0 aromatic carbocycles. The Morgan fingerprint density at radius 1 is 1.36 bits per heavy atom. The molecular weight excluding hydrogens is 164 g/mol. The van der Waals surface area contributed by atoms with E-state index in [1.165, 1.54) is 0 Å². The molecule has 0 aliphatic heterocycles. The average molecular weight is 180 g/mol. The highest BCUT2D eigenvalue weighted by Crippen LogP contribution is 1.83. The summed E-state index contributed by atoms with van der Waals surface area (Å²) in [6.45, 7) is 5.97. The van der Waals surface area contributed by atoms with Gasteiger partial charge in [0.05, 0.1) is 0 Å². The fourth-order valence-corrected chi connectivity index (χ4v) is 1.77. The first-order chi connectivity index (χ1) is 4.98. The Balaban J connectivity index is 3.82. The van der Waals surface area contributed by atoms with Gasteiger partial charge in [0.25, 0.3) is 10.2 Å². The van der Waals surface area contributed by atoms with Crippen molar-refractivity contribution in [2.24, 2.45) is 0 Å². The second-order valence-electron chi connectivity index (χ2n) is 2.67. The summed E-state index contributed by atoms with van der Waals surface area (Å²) < 4.78 is 26.8. The monoisotopic (exact) mass is 180 g/mol. The van der Waals surface area contributed by atoms with E-state index in [9.17, 15) is 8.42 Å². The Hall–Kier alpha value is -0.130. The SMILES string of the molecule is CCCNS(=O)(=O)NC(C)C. The zero-order valence-electron chi connectivity index (χ0n) is 7.22. The van der Waals surface area contributed by atoms with Gasteiger partial charge in [-0.15, -0.1) is 0 Å². The third-order valence-electron chi connectivity index (χ3n) is 0.933. The molecule has 0 spiro atoms. The highest BCUT2D eigenvalue weighted by Gasteiger charge is 2.08. The summed E-state index contributed by atoms with van der Waals surface area (Å²) in [6.07, 6.45) is 0.805. The van der Waals surface area contributed by atoms with Crippen molar-refractivity contribution < 1.29 is 8.42 Å². The van der Waals surface area contributed by atoms with Crippen molar-refractivity contribution in [2.75, 3.05) is 6.54 Å². The van der Waals surface area contributed by atoms with Gasteiger partial charge in [-0.05, 0) is 20.3 Å². The van der Waals surface area contributed by atoms with Crippen molar-refractivity contribution in [3.05, 3.63) is 0 Å². The van der Waals surface area contributed by atoms with Crippen LogP contribution in [0.1, 0.15) is 27.2 Å². The standard InChI is InChI=1S/C6H16N2O2S/c1-4-5-7-11(9,10)8-6(2)3/h6-8H,4-5H2,1-3H3. The van der Waals surface area contributed by atoms with E-state index in [0.717, 1.165) is 6.42 Å². The second kappa shape index (κ2) is 4.69. The van der Waals surface area contributed by atoms with Gasteiger partial charge in [-0.1, -0.05) is 6.92 Å². The van der Waals surface area contributed by atoms with Crippen LogP contribution in [0.25, 0.3) is 0 Å². The number of hydrogen-bond acceptors (Lipinski definition) is 2. The van der Waals surface area contributed by atoms with Crippen LogP contribution in [0, 0.1) is 0 Å². The largest absolute Gasteiger partial charge is 0.277 e. The Morgan fingerprint density at radius 2 is 1.91 bits per heavy atom. The van der Waals surface area contributed by atoms with Gasteiger partial charge in [-0.3, -0.25) is 0 Å². The fraction of sp³-hybridized carbons (Fsp3) is 1.00. The maximum atomic E-state index is 11.0. The normalized spacial score (nSPS) is 12.4. The molecule has 0 amide bonds. The third kappa shape index (κ3) is 6.28. The number of rotatable bonds is 5. The van der Waals surface area contributed by atoms with E-state index in [1.807, 2.05) is 6.92 Å². The van der Waals surface area contributed by atoms with Crippen LogP contribution in [0.15, 0.2) is 0 Å². The lowest BCUT2D eigenvalue weighted by atomic mass is 10.4. The minimum Gasteiger partial charge on any atom is -0.202 e. The maximum Gasteiger partial charge on any atom is 0.277 e. The van der Waals surface area contributed by atoms with Gasteiger partial charge in [0.1, 0.15) is 0 Å². The van der Waals surface area contributed by atoms with Gasteiger partial charge in [-0.25, -0.2) is 4.72 Å². The van der Waals surface area contributed by atoms with E-state index in [1.54, 1.807) is 13.8 Å². The van der Waals surface area contributed by atoms with Crippen molar-refractivity contribution in [1.29, 1.82) is 0 Å². The molecule has 0 saturated heterocycles. The quantitative estimate of drug-likeness (QED) is 0.636. The van der Waals surface area contributed by atoms with Crippen molar-refractivity contribution in [2.45, 2.75) is 33.2 Å². The molecule has 0 fully saturated rings. The Labute approximate surface area is 68.6 Å². The van der Waals surface area contributed by atoms with Crippen molar-refractivity contribution in [3.63, 3.8) is 0 Å². The first-order valence-corrected chi connectivity index (χ1v) is 5.23. The molecule has 0 aromatic rings. The lowest BCUT2D eigenvalue weighted by molar-refractivity contribution is 0.554. The van der Waals surface area contributed by atoms with E-state index in [4.69, 9.17) is 0 Å². The highest BCUT2D eigenvalue weighted by molar-refractivity contribution is 7.87. The Bertz CT molecular complexity index is 187. The summed E-state index contributed by atoms with van der Waals surface area (Å²) in [5, 5.41) is 0. The molecule has 0 saturated carbocycles. The predicted octanol–water partition coefficient (Wildman–Crippen LogP) is 0.229. The summed E-state index contributed by atoms with van der Waals surface area (Å²) in [5.41, 5.74) is 0. The molecule has 5 heteroatoms. The molecule has 0 aromatic heterocycles. The van der Waals surface area contributed by atoms with E-state index in [-0.39, 0.29) is 6.04 Å². The molecule has 2 N–H and O–H groups in total. The zero-order valence-corrected chi connectivity index (χ0v) is 8.03. The summed E-state index contributed by atoms with van der Waals surface area (Å²) in [5.74, 6) is 0. The predicted molar refractivity (Wildman–Crippen MR) is 45.5 cm³/mol. The van der Waals surface area contributed by atoms with Crippen LogP contribution in [0.4, 0.5) is 0 Å². The van der Waals surface area contributed by atoms with Crippen LogP contribution in [0.5, 0.6) is 0 Å². The van der Waals surface area contributed by atoms with Crippen LogP contribution in [-0.4, -0.2) is 21.0 Å². The molecule has 0 rings (SSSR count). The Kier molecular flexibility index (Phi) is 4.63. The number of nitrogens with one attached hydrogen (secondary N) is 2. The van der Waals surface area contributed by atoms with E-state index >= 15 is 0 Å². The molecule has 11 heavy (non-hydrogen) atoms. The van der Waals surface area contributed by atoms with Gasteiger partial charge in [0, 0.05) is 12.6 Å². The molecule has 0 atom stereocenters. The van der Waals surface area contributed by atoms with Crippen LogP contribution in [0.3, 0.4) is 0 Å². The van der Waals surface area contributed by atoms with Gasteiger partial charge < -0.3 is 0 Å². The van der Waals surface area contributed by atoms with Gasteiger partial charge >= 0.3 is 0 Å². The summed E-state index contributed by atoms with van der Waals surface area (Å²) in [7, 11) is -3.24. The van der Waals surface area contributed by atoms with Crippen molar-refractivity contribution in [3.8, 4) is 0 Å². The minimum atomic E-state index is -3.24. The molecule has 68 valence electrons. The smallest absolute Gasteiger partial charge is 0.202 e. The van der Waals surface area contributed by atoms with Crippen molar-refractivity contribution >= 4 is 10.2 Å². The van der Waals surface area contributed by atoms with E-state index < -0.39 is 10.2 Å². The van der Waals surface area contributed by atoms with Crippen molar-refractivity contribution in [1.82, 2.24) is 9.44 Å². The van der Waals surface area contributed by atoms with Gasteiger partial charge in [0.2, 0.25) is 0 Å². The molecule has 0 aliphatic carbocycles. The lowest BCUT2D eigenvalue weighted by Crippen LogP contribution is -2.40. The molecule has 4 nitrogen and oxygen atoms in total. The lowest BCUT2D eigenvalue weighted by Gasteiger charge is -2.09. The van der Waals surface area contributed by atoms with E-state index in [0.29, 0.717) is 6.54 Å². The zero-order chi connectivity index (χ0) is 8.91. The van der Waals surface area contributed by atoms with Crippen LogP contribution >= 0.6 is 0 Å². The molecule has 0 aliphatic rings. The van der Waals surface area contributed by atoms with Crippen LogP contribution in [0.2, 0.25) is 0 Å². The second-order valence-corrected chi connectivity index (χ2v) is 4.20. The van der Waals surface area contributed by atoms with Crippen LogP contribution in [-0.2, 0) is 10.2 Å². The topological polar surface area (TPSA) is 58.2 Å². The van der Waals surface area contributed by atoms with E-state index in [2.05, 4.69) is 9.44 Å². The average Bonchev–Trinajstić information content (AvgIpc) is 1.81. The fourth-order valence-electron chi connectivity index (χ4n) is 0.588. The first-order valence-electron chi connectivity index (χ1n) is 3.75. The molecule has 0 unspecified atom stereocenters. The third-order valence-corrected chi connectivity index (χ3v) is 2.30.